The van der Waals surface area contributed by atoms with Gasteiger partial charge in [-0.3, -0.25) is 4.79 Å². The van der Waals surface area contributed by atoms with Crippen molar-refractivity contribution in [2.24, 2.45) is 0 Å². The van der Waals surface area contributed by atoms with Crippen LogP contribution < -0.4 is 10.1 Å². The van der Waals surface area contributed by atoms with Gasteiger partial charge in [-0.15, -0.1) is 0 Å². The molecule has 1 aliphatic heterocycles. The minimum absolute atomic E-state index is 0.0919. The number of ether oxygens (including phenoxy) is 1. The molecule has 0 spiro atoms. The summed E-state index contributed by atoms with van der Waals surface area (Å²) >= 11 is 6.25. The van der Waals surface area contributed by atoms with Gasteiger partial charge in [0, 0.05) is 22.8 Å². The Labute approximate surface area is 161 Å². The first-order valence-corrected chi connectivity index (χ1v) is 8.82. The van der Waals surface area contributed by atoms with Gasteiger partial charge in [-0.05, 0) is 25.5 Å². The summed E-state index contributed by atoms with van der Waals surface area (Å²) in [6.07, 6.45) is 1.68. The van der Waals surface area contributed by atoms with Crippen LogP contribution in [0.4, 0.5) is 5.82 Å². The molecular formula is C19H18ClN5O2. The maximum Gasteiger partial charge on any atom is 0.235 e. The number of carbonyl (C=O) groups is 1. The average molecular weight is 384 g/mol. The third-order valence-corrected chi connectivity index (χ3v) is 5.09. The highest BCUT2D eigenvalue weighted by atomic mass is 35.5. The lowest BCUT2D eigenvalue weighted by Crippen LogP contribution is -2.26. The highest BCUT2D eigenvalue weighted by Gasteiger charge is 2.40. The molecule has 0 saturated heterocycles. The van der Waals surface area contributed by atoms with Crippen LogP contribution in [0.25, 0.3) is 11.5 Å². The fraction of sp³-hybridized carbons (Fsp3) is 0.263. The number of benzene rings is 1. The van der Waals surface area contributed by atoms with Crippen molar-refractivity contribution in [1.82, 2.24) is 19.7 Å². The van der Waals surface area contributed by atoms with E-state index < -0.39 is 5.41 Å². The van der Waals surface area contributed by atoms with E-state index in [1.807, 2.05) is 38.1 Å². The molecule has 1 aromatic carbocycles. The van der Waals surface area contributed by atoms with Crippen LogP contribution in [0.1, 0.15) is 25.0 Å². The summed E-state index contributed by atoms with van der Waals surface area (Å²) < 4.78 is 7.14. The Morgan fingerprint density at radius 3 is 2.81 bits per heavy atom. The molecule has 0 aliphatic carbocycles. The van der Waals surface area contributed by atoms with Crippen molar-refractivity contribution in [1.29, 1.82) is 0 Å². The summed E-state index contributed by atoms with van der Waals surface area (Å²) in [6, 6.07) is 9.34. The highest BCUT2D eigenvalue weighted by Crippen LogP contribution is 2.36. The van der Waals surface area contributed by atoms with Crippen molar-refractivity contribution in [2.75, 3.05) is 12.4 Å². The second-order valence-corrected chi connectivity index (χ2v) is 7.26. The number of rotatable bonds is 4. The molecule has 3 heterocycles. The molecule has 4 rings (SSSR count). The number of nitrogens with one attached hydrogen (secondary N) is 1. The molecule has 7 nitrogen and oxygen atoms in total. The maximum absolute atomic E-state index is 12.1. The number of aromatic nitrogens is 4. The van der Waals surface area contributed by atoms with E-state index in [1.165, 1.54) is 0 Å². The summed E-state index contributed by atoms with van der Waals surface area (Å²) in [5.74, 6) is 1.42. The van der Waals surface area contributed by atoms with Gasteiger partial charge in [0.15, 0.2) is 5.82 Å². The van der Waals surface area contributed by atoms with Gasteiger partial charge in [0.1, 0.15) is 11.5 Å². The number of carbonyl (C=O) groups excluding carboxylic acids is 1. The number of methoxy groups -OCH3 is 1. The molecule has 138 valence electrons. The lowest BCUT2D eigenvalue weighted by atomic mass is 9.88. The van der Waals surface area contributed by atoms with E-state index in [9.17, 15) is 4.79 Å². The molecule has 27 heavy (non-hydrogen) atoms. The maximum atomic E-state index is 12.1. The quantitative estimate of drug-likeness (QED) is 0.747. The van der Waals surface area contributed by atoms with E-state index in [0.717, 1.165) is 11.1 Å². The molecule has 1 N–H and O–H groups in total. The number of halogens is 1. The van der Waals surface area contributed by atoms with Gasteiger partial charge in [-0.25, -0.2) is 14.6 Å². The summed E-state index contributed by atoms with van der Waals surface area (Å²) in [5, 5.41) is 8.03. The van der Waals surface area contributed by atoms with Crippen LogP contribution >= 0.6 is 11.6 Å². The zero-order chi connectivity index (χ0) is 19.2. The minimum atomic E-state index is -0.644. The fourth-order valence-corrected chi connectivity index (χ4v) is 3.21. The number of anilines is 1. The molecule has 0 saturated carbocycles. The molecule has 0 fully saturated rings. The van der Waals surface area contributed by atoms with E-state index >= 15 is 0 Å². The lowest BCUT2D eigenvalue weighted by molar-refractivity contribution is -0.119. The molecule has 1 aliphatic rings. The summed E-state index contributed by atoms with van der Waals surface area (Å²) in [5.41, 5.74) is 1.62. The van der Waals surface area contributed by atoms with Crippen molar-refractivity contribution in [3.05, 3.63) is 52.7 Å². The van der Waals surface area contributed by atoms with Gasteiger partial charge in [0.05, 0.1) is 19.1 Å². The first-order chi connectivity index (χ1) is 12.9. The second kappa shape index (κ2) is 6.35. The van der Waals surface area contributed by atoms with Crippen molar-refractivity contribution < 1.29 is 9.53 Å². The Kier molecular flexibility index (Phi) is 4.11. The molecule has 0 bridgehead atoms. The largest absolute Gasteiger partial charge is 0.481 e. The standard InChI is InChI=1S/C19H18ClN5O2/c1-19(2)12-9-21-17(22-16(12)23-18(19)26)14-8-15(27-3)25(24-14)10-11-6-4-5-7-13(11)20/h4-9H,10H2,1-3H3,(H,21,22,23,26). The summed E-state index contributed by atoms with van der Waals surface area (Å²) in [7, 11) is 1.58. The van der Waals surface area contributed by atoms with E-state index in [0.29, 0.717) is 34.8 Å². The molecule has 8 heteroatoms. The van der Waals surface area contributed by atoms with E-state index in [-0.39, 0.29) is 5.91 Å². The Morgan fingerprint density at radius 2 is 2.07 bits per heavy atom. The monoisotopic (exact) mass is 383 g/mol. The highest BCUT2D eigenvalue weighted by molar-refractivity contribution is 6.31. The third-order valence-electron chi connectivity index (χ3n) is 4.72. The smallest absolute Gasteiger partial charge is 0.235 e. The summed E-state index contributed by atoms with van der Waals surface area (Å²) in [6.45, 7) is 4.15. The molecule has 0 atom stereocenters. The third kappa shape index (κ3) is 2.94. The first kappa shape index (κ1) is 17.5. The summed E-state index contributed by atoms with van der Waals surface area (Å²) in [4.78, 5) is 21.0. The van der Waals surface area contributed by atoms with Crippen LogP contribution in [0, 0.1) is 0 Å². The lowest BCUT2D eigenvalue weighted by Gasteiger charge is -2.13. The number of amides is 1. The van der Waals surface area contributed by atoms with Crippen molar-refractivity contribution >= 4 is 23.3 Å². The van der Waals surface area contributed by atoms with Crippen LogP contribution in [0.15, 0.2) is 36.5 Å². The van der Waals surface area contributed by atoms with Crippen LogP contribution in [0.3, 0.4) is 0 Å². The minimum Gasteiger partial charge on any atom is -0.481 e. The first-order valence-electron chi connectivity index (χ1n) is 8.44. The van der Waals surface area contributed by atoms with Gasteiger partial charge in [0.2, 0.25) is 11.8 Å². The molecule has 2 aromatic heterocycles. The van der Waals surface area contributed by atoms with Crippen molar-refractivity contribution in [2.45, 2.75) is 25.8 Å². The van der Waals surface area contributed by atoms with Crippen LogP contribution in [-0.2, 0) is 16.8 Å². The fourth-order valence-electron chi connectivity index (χ4n) is 3.02. The predicted octanol–water partition coefficient (Wildman–Crippen LogP) is 3.28. The molecule has 0 unspecified atom stereocenters. The molecule has 1 amide bonds. The topological polar surface area (TPSA) is 81.9 Å². The van der Waals surface area contributed by atoms with Gasteiger partial charge >= 0.3 is 0 Å². The Balaban J connectivity index is 1.70. The SMILES string of the molecule is COc1cc(-c2ncc3c(n2)NC(=O)C3(C)C)nn1Cc1ccccc1Cl. The van der Waals surface area contributed by atoms with Crippen LogP contribution in [0.2, 0.25) is 5.02 Å². The van der Waals surface area contributed by atoms with E-state index in [4.69, 9.17) is 16.3 Å². The van der Waals surface area contributed by atoms with Crippen LogP contribution in [0.5, 0.6) is 5.88 Å². The number of fused-ring (bicyclic) bond motifs is 1. The van der Waals surface area contributed by atoms with E-state index in [1.54, 1.807) is 24.1 Å². The van der Waals surface area contributed by atoms with Crippen molar-refractivity contribution in [3.63, 3.8) is 0 Å². The Bertz CT molecular complexity index is 1040. The number of hydrogen-bond acceptors (Lipinski definition) is 5. The zero-order valence-electron chi connectivity index (χ0n) is 15.2. The predicted molar refractivity (Wildman–Crippen MR) is 102 cm³/mol. The van der Waals surface area contributed by atoms with Crippen molar-refractivity contribution in [3.8, 4) is 17.4 Å². The van der Waals surface area contributed by atoms with Gasteiger partial charge in [0.25, 0.3) is 0 Å². The van der Waals surface area contributed by atoms with Gasteiger partial charge in [-0.2, -0.15) is 5.10 Å². The Hall–Kier alpha value is -2.93. The van der Waals surface area contributed by atoms with E-state index in [2.05, 4.69) is 20.4 Å². The second-order valence-electron chi connectivity index (χ2n) is 6.86. The Morgan fingerprint density at radius 1 is 1.30 bits per heavy atom. The normalized spacial score (nSPS) is 14.7. The number of nitrogens with zero attached hydrogens (tertiary/aromatic N) is 4. The van der Waals surface area contributed by atoms with Gasteiger partial charge < -0.3 is 10.1 Å². The zero-order valence-corrected chi connectivity index (χ0v) is 15.9. The molecular weight excluding hydrogens is 366 g/mol. The molecule has 0 radical (unpaired) electrons. The van der Waals surface area contributed by atoms with Crippen LogP contribution in [-0.4, -0.2) is 32.8 Å². The average Bonchev–Trinajstić information content (AvgIpc) is 3.15. The van der Waals surface area contributed by atoms with Gasteiger partial charge in [-0.1, -0.05) is 29.8 Å². The number of hydrogen-bond donors (Lipinski definition) is 1. The molecule has 3 aromatic rings.